The molecule has 0 unspecified atom stereocenters. The number of aromatic nitrogens is 3. The molecule has 2 rings (SSSR count). The molecule has 0 saturated carbocycles. The van der Waals surface area contributed by atoms with E-state index in [1.807, 2.05) is 0 Å². The summed E-state index contributed by atoms with van der Waals surface area (Å²) < 4.78 is 1.56. The van der Waals surface area contributed by atoms with Crippen molar-refractivity contribution in [2.75, 3.05) is 5.43 Å². The van der Waals surface area contributed by atoms with Gasteiger partial charge in [-0.3, -0.25) is 14.9 Å². The van der Waals surface area contributed by atoms with Crippen LogP contribution in [0.5, 0.6) is 0 Å². The minimum absolute atomic E-state index is 0.604. The molecule has 12 heavy (non-hydrogen) atoms. The minimum Gasteiger partial charge on any atom is -0.277 e. The second kappa shape index (κ2) is 2.61. The van der Waals surface area contributed by atoms with Crippen LogP contribution in [0.3, 0.4) is 0 Å². The van der Waals surface area contributed by atoms with E-state index in [-0.39, 0.29) is 0 Å². The van der Waals surface area contributed by atoms with Gasteiger partial charge < -0.3 is 0 Å². The van der Waals surface area contributed by atoms with Crippen molar-refractivity contribution in [1.82, 2.24) is 14.6 Å². The van der Waals surface area contributed by atoms with Gasteiger partial charge in [0.1, 0.15) is 5.69 Å². The summed E-state index contributed by atoms with van der Waals surface area (Å²) in [6.45, 7) is 0. The van der Waals surface area contributed by atoms with Crippen molar-refractivity contribution in [2.45, 2.75) is 0 Å². The fourth-order valence-electron chi connectivity index (χ4n) is 1.03. The van der Waals surface area contributed by atoms with Crippen LogP contribution in [0, 0.1) is 0 Å². The molecule has 0 radical (unpaired) electrons. The van der Waals surface area contributed by atoms with Crippen molar-refractivity contribution in [2.24, 2.45) is 0 Å². The van der Waals surface area contributed by atoms with Gasteiger partial charge in [0, 0.05) is 18.6 Å². The molecule has 60 valence electrons. The monoisotopic (exact) mass is 162 g/mol. The Balaban J connectivity index is 2.54. The average Bonchev–Trinajstić information content (AvgIpc) is 2.53. The van der Waals surface area contributed by atoms with Gasteiger partial charge >= 0.3 is 0 Å². The second-order valence-electron chi connectivity index (χ2n) is 2.20. The first-order valence-corrected chi connectivity index (χ1v) is 3.40. The lowest BCUT2D eigenvalue weighted by Gasteiger charge is -2.07. The molecule has 2 aliphatic heterocycles. The average molecular weight is 162 g/mol. The summed E-state index contributed by atoms with van der Waals surface area (Å²) in [6.07, 6.45) is 5.47. The molecule has 0 aromatic rings. The number of hydrogen-bond donors (Lipinski definition) is 1. The molecule has 5 heteroatoms. The van der Waals surface area contributed by atoms with Crippen LogP contribution in [0.15, 0.2) is 24.7 Å². The Kier molecular flexibility index (Phi) is 1.48. The topological polar surface area (TPSA) is 59.8 Å². The molecule has 2 aliphatic rings. The van der Waals surface area contributed by atoms with Gasteiger partial charge in [0.15, 0.2) is 5.82 Å². The number of nitrogens with zero attached hydrogens (tertiary/aromatic N) is 3. The first kappa shape index (κ1) is 6.78. The number of amides is 1. The van der Waals surface area contributed by atoms with E-state index in [1.54, 1.807) is 29.3 Å². The molecule has 1 N–H and O–H groups in total. The lowest BCUT2D eigenvalue weighted by Crippen LogP contribution is -2.14. The maximum absolute atomic E-state index is 10.2. The second-order valence-corrected chi connectivity index (χ2v) is 2.20. The molecule has 1 amide bonds. The lowest BCUT2D eigenvalue weighted by molar-refractivity contribution is -0.106. The molecule has 0 spiro atoms. The van der Waals surface area contributed by atoms with E-state index < -0.39 is 0 Å². The van der Waals surface area contributed by atoms with Crippen molar-refractivity contribution in [3.63, 3.8) is 0 Å². The molecule has 0 aromatic heterocycles. The highest BCUT2D eigenvalue weighted by molar-refractivity contribution is 5.60. The Bertz CT molecular complexity index is 370. The van der Waals surface area contributed by atoms with Crippen molar-refractivity contribution in [1.29, 1.82) is 0 Å². The molecule has 0 aliphatic carbocycles. The van der Waals surface area contributed by atoms with Crippen LogP contribution >= 0.6 is 0 Å². The van der Waals surface area contributed by atoms with E-state index in [0.29, 0.717) is 12.2 Å². The summed E-state index contributed by atoms with van der Waals surface area (Å²) in [5, 5.41) is 0. The third-order valence-corrected chi connectivity index (χ3v) is 1.52. The number of rotatable bonds is 2. The van der Waals surface area contributed by atoms with Crippen molar-refractivity contribution in [3.05, 3.63) is 24.7 Å². The van der Waals surface area contributed by atoms with Crippen LogP contribution < -0.4 is 5.43 Å². The van der Waals surface area contributed by atoms with Crippen molar-refractivity contribution in [3.8, 4) is 11.5 Å². The molecule has 0 fully saturated rings. The van der Waals surface area contributed by atoms with Gasteiger partial charge in [-0.25, -0.2) is 9.97 Å². The molecule has 0 atom stereocenters. The summed E-state index contributed by atoms with van der Waals surface area (Å²) in [4.78, 5) is 18.1. The standard InChI is InChI=1S/C7H6N4O/c12-5-10-11-4-3-9-7-6(11)1-2-8-7/h1-5H,(H,10,12). The van der Waals surface area contributed by atoms with Gasteiger partial charge in [0.25, 0.3) is 0 Å². The van der Waals surface area contributed by atoms with Gasteiger partial charge in [-0.2, -0.15) is 0 Å². The van der Waals surface area contributed by atoms with Gasteiger partial charge in [-0.1, -0.05) is 0 Å². The van der Waals surface area contributed by atoms with E-state index in [2.05, 4.69) is 15.4 Å². The smallest absolute Gasteiger partial charge is 0.226 e. The summed E-state index contributed by atoms with van der Waals surface area (Å²) in [6, 6.07) is 1.78. The van der Waals surface area contributed by atoms with Gasteiger partial charge in [0.2, 0.25) is 6.41 Å². The molecule has 5 nitrogen and oxygen atoms in total. The van der Waals surface area contributed by atoms with Crippen LogP contribution in [0.2, 0.25) is 0 Å². The molecule has 0 bridgehead atoms. The van der Waals surface area contributed by atoms with Gasteiger partial charge in [0.05, 0.1) is 0 Å². The van der Waals surface area contributed by atoms with Crippen LogP contribution in [-0.4, -0.2) is 21.1 Å². The zero-order valence-corrected chi connectivity index (χ0v) is 6.14. The molecular formula is C7H6N4O. The Morgan fingerprint density at radius 1 is 1.42 bits per heavy atom. The predicted octanol–water partition coefficient (Wildman–Crippen LogP) is 0.0828. The van der Waals surface area contributed by atoms with Crippen LogP contribution in [0.4, 0.5) is 0 Å². The Morgan fingerprint density at radius 2 is 2.25 bits per heavy atom. The third-order valence-electron chi connectivity index (χ3n) is 1.52. The van der Waals surface area contributed by atoms with Gasteiger partial charge in [-0.05, 0) is 6.07 Å². The summed E-state index contributed by atoms with van der Waals surface area (Å²) in [7, 11) is 0. The maximum atomic E-state index is 10.2. The van der Waals surface area contributed by atoms with E-state index in [4.69, 9.17) is 0 Å². The normalized spacial score (nSPS) is 10.0. The first-order chi connectivity index (χ1) is 5.92. The number of carbonyl (C=O) groups excluding carboxylic acids is 1. The minimum atomic E-state index is 0.604. The van der Waals surface area contributed by atoms with E-state index in [9.17, 15) is 4.79 Å². The fraction of sp³-hybridized carbons (Fsp3) is 0. The fourth-order valence-corrected chi connectivity index (χ4v) is 1.03. The predicted molar refractivity (Wildman–Crippen MR) is 42.1 cm³/mol. The summed E-state index contributed by atoms with van der Waals surface area (Å²) in [5.74, 6) is 0.617. The van der Waals surface area contributed by atoms with Crippen molar-refractivity contribution < 1.29 is 4.79 Å². The zero-order valence-electron chi connectivity index (χ0n) is 6.14. The lowest BCUT2D eigenvalue weighted by atomic mass is 10.4. The summed E-state index contributed by atoms with van der Waals surface area (Å²) >= 11 is 0. The molecule has 2 heterocycles. The number of carbonyl (C=O) groups is 1. The molecule has 0 saturated heterocycles. The molecular weight excluding hydrogens is 156 g/mol. The Labute approximate surface area is 68.4 Å². The number of fused-ring (bicyclic) bond motifs is 1. The third kappa shape index (κ3) is 0.914. The highest BCUT2D eigenvalue weighted by Gasteiger charge is 2.06. The maximum Gasteiger partial charge on any atom is 0.226 e. The van der Waals surface area contributed by atoms with Crippen LogP contribution in [0.1, 0.15) is 0 Å². The van der Waals surface area contributed by atoms with E-state index in [0.717, 1.165) is 5.69 Å². The number of nitrogens with one attached hydrogen (secondary N) is 1. The highest BCUT2D eigenvalue weighted by atomic mass is 16.1. The Hall–Kier alpha value is -1.91. The largest absolute Gasteiger partial charge is 0.277 e. The van der Waals surface area contributed by atoms with Crippen LogP contribution in [0.25, 0.3) is 11.5 Å². The quantitative estimate of drug-likeness (QED) is 0.636. The molecule has 0 aromatic carbocycles. The SMILES string of the molecule is O=CNn1ccnc2nccc1-2. The first-order valence-electron chi connectivity index (χ1n) is 3.40. The van der Waals surface area contributed by atoms with Crippen molar-refractivity contribution >= 4 is 6.41 Å². The van der Waals surface area contributed by atoms with Crippen LogP contribution in [-0.2, 0) is 4.79 Å². The van der Waals surface area contributed by atoms with Gasteiger partial charge in [-0.15, -0.1) is 0 Å². The van der Waals surface area contributed by atoms with E-state index in [1.165, 1.54) is 0 Å². The van der Waals surface area contributed by atoms with E-state index >= 15 is 0 Å². The number of hydrogen-bond acceptors (Lipinski definition) is 3. The zero-order chi connectivity index (χ0) is 8.39. The summed E-state index contributed by atoms with van der Waals surface area (Å²) in [5.41, 5.74) is 3.27. The highest BCUT2D eigenvalue weighted by Crippen LogP contribution is 2.13. The Morgan fingerprint density at radius 3 is 3.08 bits per heavy atom.